The van der Waals surface area contributed by atoms with Gasteiger partial charge in [0.15, 0.2) is 0 Å². The van der Waals surface area contributed by atoms with Crippen LogP contribution < -0.4 is 0 Å². The summed E-state index contributed by atoms with van der Waals surface area (Å²) in [6, 6.07) is 3.88. The zero-order valence-electron chi connectivity index (χ0n) is 11.1. The molecule has 0 spiro atoms. The zero-order chi connectivity index (χ0) is 13.3. The molecule has 0 aliphatic carbocycles. The highest BCUT2D eigenvalue weighted by Gasteiger charge is 2.18. The molecule has 0 aliphatic heterocycles. The second kappa shape index (κ2) is 4.98. The largest absolute Gasteiger partial charge is 0.466 e. The molecule has 2 aromatic heterocycles. The highest BCUT2D eigenvalue weighted by atomic mass is 32.1. The van der Waals surface area contributed by atoms with Gasteiger partial charge in [-0.3, -0.25) is 4.79 Å². The average molecular weight is 263 g/mol. The van der Waals surface area contributed by atoms with E-state index in [1.54, 1.807) is 22.3 Å². The molecule has 3 nitrogen and oxygen atoms in total. The van der Waals surface area contributed by atoms with Crippen molar-refractivity contribution in [3.8, 4) is 0 Å². The van der Waals surface area contributed by atoms with Crippen molar-refractivity contribution in [2.45, 2.75) is 27.3 Å². The van der Waals surface area contributed by atoms with Crippen molar-refractivity contribution < 1.29 is 9.21 Å². The molecule has 18 heavy (non-hydrogen) atoms. The predicted molar refractivity (Wildman–Crippen MR) is 73.0 cm³/mol. The lowest BCUT2D eigenvalue weighted by Gasteiger charge is -2.16. The number of thiophene rings is 1. The first-order valence-corrected chi connectivity index (χ1v) is 6.72. The van der Waals surface area contributed by atoms with E-state index < -0.39 is 0 Å². The lowest BCUT2D eigenvalue weighted by atomic mass is 10.2. The Kier molecular flexibility index (Phi) is 3.57. The molecule has 4 heteroatoms. The molecule has 0 fully saturated rings. The van der Waals surface area contributed by atoms with E-state index in [0.717, 1.165) is 5.76 Å². The van der Waals surface area contributed by atoms with Gasteiger partial charge in [0.25, 0.3) is 5.91 Å². The summed E-state index contributed by atoms with van der Waals surface area (Å²) in [6.07, 6.45) is 0. The third kappa shape index (κ3) is 2.48. The van der Waals surface area contributed by atoms with Crippen molar-refractivity contribution in [1.29, 1.82) is 0 Å². The van der Waals surface area contributed by atoms with Crippen molar-refractivity contribution in [3.63, 3.8) is 0 Å². The van der Waals surface area contributed by atoms with E-state index in [9.17, 15) is 4.79 Å². The maximum atomic E-state index is 12.3. The SMILES string of the molecule is Cc1cc(C(=O)N(C)Cc2sccc2C)c(C)o1. The minimum atomic E-state index is 0.0113. The molecule has 2 rings (SSSR count). The Balaban J connectivity index is 2.14. The van der Waals surface area contributed by atoms with Crippen LogP contribution in [0.3, 0.4) is 0 Å². The lowest BCUT2D eigenvalue weighted by Crippen LogP contribution is -2.26. The number of carbonyl (C=O) groups excluding carboxylic acids is 1. The molecule has 0 N–H and O–H groups in total. The molecule has 2 heterocycles. The molecule has 0 aromatic carbocycles. The van der Waals surface area contributed by atoms with Gasteiger partial charge in [-0.2, -0.15) is 0 Å². The Labute approximate surface area is 111 Å². The van der Waals surface area contributed by atoms with Crippen LogP contribution in [-0.2, 0) is 6.54 Å². The van der Waals surface area contributed by atoms with Gasteiger partial charge in [0.05, 0.1) is 12.1 Å². The highest BCUT2D eigenvalue weighted by molar-refractivity contribution is 7.10. The number of rotatable bonds is 3. The first kappa shape index (κ1) is 12.9. The summed E-state index contributed by atoms with van der Waals surface area (Å²) in [7, 11) is 1.82. The number of amides is 1. The van der Waals surface area contributed by atoms with Crippen LogP contribution in [0.5, 0.6) is 0 Å². The van der Waals surface area contributed by atoms with Crippen LogP contribution in [0.4, 0.5) is 0 Å². The molecule has 0 aliphatic rings. The Hall–Kier alpha value is -1.55. The van der Waals surface area contributed by atoms with Gasteiger partial charge in [0.1, 0.15) is 11.5 Å². The second-order valence-corrected chi connectivity index (χ2v) is 5.52. The maximum Gasteiger partial charge on any atom is 0.257 e. The second-order valence-electron chi connectivity index (χ2n) is 4.51. The molecule has 0 unspecified atom stereocenters. The molecular formula is C14H17NO2S. The van der Waals surface area contributed by atoms with Crippen molar-refractivity contribution >= 4 is 17.2 Å². The highest BCUT2D eigenvalue weighted by Crippen LogP contribution is 2.20. The first-order valence-electron chi connectivity index (χ1n) is 5.84. The molecule has 0 bridgehead atoms. The minimum absolute atomic E-state index is 0.0113. The Morgan fingerprint density at radius 2 is 2.11 bits per heavy atom. The fourth-order valence-corrected chi connectivity index (χ4v) is 2.86. The normalized spacial score (nSPS) is 10.7. The Bertz CT molecular complexity index is 568. The molecule has 0 saturated heterocycles. The van der Waals surface area contributed by atoms with Crippen molar-refractivity contribution in [2.75, 3.05) is 7.05 Å². The summed E-state index contributed by atoms with van der Waals surface area (Å²) in [5.74, 6) is 1.47. The quantitative estimate of drug-likeness (QED) is 0.848. The molecule has 0 atom stereocenters. The number of hydrogen-bond donors (Lipinski definition) is 0. The number of furan rings is 1. The van der Waals surface area contributed by atoms with Crippen LogP contribution in [0, 0.1) is 20.8 Å². The maximum absolute atomic E-state index is 12.3. The van der Waals surface area contributed by atoms with Gasteiger partial charge in [-0.15, -0.1) is 11.3 Å². The molecular weight excluding hydrogens is 246 g/mol. The fourth-order valence-electron chi connectivity index (χ4n) is 1.90. The first-order chi connectivity index (χ1) is 8.49. The summed E-state index contributed by atoms with van der Waals surface area (Å²) >= 11 is 1.68. The fraction of sp³-hybridized carbons (Fsp3) is 0.357. The predicted octanol–water partition coefficient (Wildman–Crippen LogP) is 3.54. The van der Waals surface area contributed by atoms with Crippen LogP contribution in [0.1, 0.15) is 32.3 Å². The van der Waals surface area contributed by atoms with E-state index in [1.165, 1.54) is 10.4 Å². The molecule has 0 radical (unpaired) electrons. The minimum Gasteiger partial charge on any atom is -0.466 e. The topological polar surface area (TPSA) is 33.5 Å². The van der Waals surface area contributed by atoms with Crippen molar-refractivity contribution in [2.24, 2.45) is 0 Å². The number of hydrogen-bond acceptors (Lipinski definition) is 3. The summed E-state index contributed by atoms with van der Waals surface area (Å²) in [4.78, 5) is 15.2. The molecule has 96 valence electrons. The van der Waals surface area contributed by atoms with Gasteiger partial charge in [0.2, 0.25) is 0 Å². The van der Waals surface area contributed by atoms with E-state index in [1.807, 2.05) is 20.9 Å². The summed E-state index contributed by atoms with van der Waals surface area (Å²) < 4.78 is 5.40. The van der Waals surface area contributed by atoms with Gasteiger partial charge < -0.3 is 9.32 Å². The summed E-state index contributed by atoms with van der Waals surface area (Å²) in [6.45, 7) is 6.39. The van der Waals surface area contributed by atoms with Gasteiger partial charge in [-0.25, -0.2) is 0 Å². The van der Waals surface area contributed by atoms with E-state index >= 15 is 0 Å². The number of carbonyl (C=O) groups is 1. The standard InChI is InChI=1S/C14H17NO2S/c1-9-5-6-18-13(9)8-15(4)14(16)12-7-10(2)17-11(12)3/h5-7H,8H2,1-4H3. The zero-order valence-corrected chi connectivity index (χ0v) is 11.9. The molecule has 0 saturated carbocycles. The van der Waals surface area contributed by atoms with E-state index in [2.05, 4.69) is 18.4 Å². The smallest absolute Gasteiger partial charge is 0.257 e. The van der Waals surface area contributed by atoms with Crippen molar-refractivity contribution in [3.05, 3.63) is 45.0 Å². The van der Waals surface area contributed by atoms with Gasteiger partial charge in [-0.05, 0) is 43.8 Å². The van der Waals surface area contributed by atoms with Crippen LogP contribution in [0.25, 0.3) is 0 Å². The van der Waals surface area contributed by atoms with Gasteiger partial charge in [0, 0.05) is 11.9 Å². The lowest BCUT2D eigenvalue weighted by molar-refractivity contribution is 0.0784. The van der Waals surface area contributed by atoms with Crippen molar-refractivity contribution in [1.82, 2.24) is 4.90 Å². The number of nitrogens with zero attached hydrogens (tertiary/aromatic N) is 1. The van der Waals surface area contributed by atoms with E-state index in [4.69, 9.17) is 4.42 Å². The van der Waals surface area contributed by atoms with Gasteiger partial charge >= 0.3 is 0 Å². The molecule has 2 aromatic rings. The average Bonchev–Trinajstić information content (AvgIpc) is 2.85. The third-order valence-corrected chi connectivity index (χ3v) is 3.97. The van der Waals surface area contributed by atoms with Crippen LogP contribution >= 0.6 is 11.3 Å². The van der Waals surface area contributed by atoms with Crippen LogP contribution in [0.15, 0.2) is 21.9 Å². The van der Waals surface area contributed by atoms with Crippen LogP contribution in [-0.4, -0.2) is 17.9 Å². The van der Waals surface area contributed by atoms with Gasteiger partial charge in [-0.1, -0.05) is 0 Å². The van der Waals surface area contributed by atoms with Crippen LogP contribution in [0.2, 0.25) is 0 Å². The Morgan fingerprint density at radius 1 is 1.39 bits per heavy atom. The molecule has 1 amide bonds. The summed E-state index contributed by atoms with van der Waals surface area (Å²) in [5, 5.41) is 2.05. The monoisotopic (exact) mass is 263 g/mol. The van der Waals surface area contributed by atoms with E-state index in [-0.39, 0.29) is 5.91 Å². The number of aryl methyl sites for hydroxylation is 3. The Morgan fingerprint density at radius 3 is 2.61 bits per heavy atom. The third-order valence-electron chi connectivity index (χ3n) is 2.97. The van der Waals surface area contributed by atoms with E-state index in [0.29, 0.717) is 17.9 Å². The summed E-state index contributed by atoms with van der Waals surface area (Å²) in [5.41, 5.74) is 1.89.